The summed E-state index contributed by atoms with van der Waals surface area (Å²) in [5, 5.41) is 2.67. The third-order valence-corrected chi connectivity index (χ3v) is 3.79. The Morgan fingerprint density at radius 3 is 2.53 bits per heavy atom. The van der Waals surface area contributed by atoms with Gasteiger partial charge in [0.1, 0.15) is 10.7 Å². The molecular weight excluding hydrogens is 290 g/mol. The molecule has 0 aliphatic carbocycles. The van der Waals surface area contributed by atoms with Crippen LogP contribution in [0.4, 0.5) is 4.39 Å². The molecule has 0 unspecified atom stereocenters. The molecule has 0 aromatic heterocycles. The van der Waals surface area contributed by atoms with Crippen molar-refractivity contribution >= 4 is 34.0 Å². The minimum atomic E-state index is -3.67. The molecule has 1 aromatic rings. The summed E-state index contributed by atoms with van der Waals surface area (Å²) in [6, 6.07) is 3.16. The number of hydrogen-bond acceptors (Lipinski definition) is 3. The summed E-state index contributed by atoms with van der Waals surface area (Å²) in [4.78, 5) is -0.119. The Balaban J connectivity index is 0.00000256. The summed E-state index contributed by atoms with van der Waals surface area (Å²) in [6.45, 7) is 0.741. The van der Waals surface area contributed by atoms with Gasteiger partial charge in [0.05, 0.1) is 5.02 Å². The van der Waals surface area contributed by atoms with Crippen LogP contribution in [-0.2, 0) is 10.0 Å². The Kier molecular flexibility index (Phi) is 6.96. The number of nitrogens with one attached hydrogen (secondary N) is 2. The molecule has 98 valence electrons. The van der Waals surface area contributed by atoms with E-state index in [-0.39, 0.29) is 28.9 Å². The second-order valence-corrected chi connectivity index (χ2v) is 5.22. The van der Waals surface area contributed by atoms with Crippen LogP contribution in [0, 0.1) is 5.82 Å². The smallest absolute Gasteiger partial charge is 0.242 e. The Morgan fingerprint density at radius 2 is 2.00 bits per heavy atom. The summed E-state index contributed by atoms with van der Waals surface area (Å²) < 4.78 is 38.5. The molecule has 0 aliphatic heterocycles. The van der Waals surface area contributed by atoms with Crippen molar-refractivity contribution in [3.63, 3.8) is 0 Å². The molecule has 2 N–H and O–H groups in total. The highest BCUT2D eigenvalue weighted by Crippen LogP contribution is 2.21. The van der Waals surface area contributed by atoms with Gasteiger partial charge < -0.3 is 5.32 Å². The van der Waals surface area contributed by atoms with Crippen LogP contribution in [0.3, 0.4) is 0 Å². The van der Waals surface area contributed by atoms with Crippen molar-refractivity contribution in [1.82, 2.24) is 10.0 Å². The predicted molar refractivity (Wildman–Crippen MR) is 67.8 cm³/mol. The van der Waals surface area contributed by atoms with Crippen molar-refractivity contribution in [2.75, 3.05) is 20.1 Å². The molecule has 17 heavy (non-hydrogen) atoms. The third kappa shape index (κ3) is 4.77. The normalized spacial score (nSPS) is 11.0. The number of halogens is 3. The second-order valence-electron chi connectivity index (χ2n) is 3.08. The molecule has 0 spiro atoms. The summed E-state index contributed by atoms with van der Waals surface area (Å²) in [5.41, 5.74) is 0. The number of likely N-dealkylation sites (N-methyl/N-ethyl adjacent to an activating group) is 1. The fourth-order valence-electron chi connectivity index (χ4n) is 1.08. The molecule has 4 nitrogen and oxygen atoms in total. The van der Waals surface area contributed by atoms with Crippen LogP contribution in [0.5, 0.6) is 0 Å². The van der Waals surface area contributed by atoms with Crippen LogP contribution in [0.1, 0.15) is 0 Å². The van der Waals surface area contributed by atoms with Crippen molar-refractivity contribution in [2.24, 2.45) is 0 Å². The maximum atomic E-state index is 12.7. The van der Waals surface area contributed by atoms with Gasteiger partial charge in [-0.3, -0.25) is 0 Å². The molecule has 0 heterocycles. The zero-order chi connectivity index (χ0) is 12.2. The average Bonchev–Trinajstić information content (AvgIpc) is 2.17. The molecule has 0 saturated heterocycles. The second kappa shape index (κ2) is 7.13. The van der Waals surface area contributed by atoms with E-state index in [9.17, 15) is 12.8 Å². The number of hydrogen-bond donors (Lipinski definition) is 2. The van der Waals surface area contributed by atoms with Crippen LogP contribution < -0.4 is 10.0 Å². The summed E-state index contributed by atoms with van der Waals surface area (Å²) >= 11 is 5.65. The maximum Gasteiger partial charge on any atom is 0.242 e. The molecule has 1 rings (SSSR count). The predicted octanol–water partition coefficient (Wildman–Crippen LogP) is 1.40. The van der Waals surface area contributed by atoms with E-state index in [1.165, 1.54) is 0 Å². The van der Waals surface area contributed by atoms with E-state index in [1.54, 1.807) is 7.05 Å². The van der Waals surface area contributed by atoms with Gasteiger partial charge in [-0.1, -0.05) is 11.6 Å². The Bertz CT molecular complexity index is 468. The van der Waals surface area contributed by atoms with E-state index >= 15 is 0 Å². The first-order valence-electron chi connectivity index (χ1n) is 4.56. The summed E-state index contributed by atoms with van der Waals surface area (Å²) in [6.07, 6.45) is 0. The zero-order valence-electron chi connectivity index (χ0n) is 9.04. The lowest BCUT2D eigenvalue weighted by molar-refractivity contribution is 0.578. The van der Waals surface area contributed by atoms with E-state index in [1.807, 2.05) is 0 Å². The van der Waals surface area contributed by atoms with Crippen molar-refractivity contribution in [3.05, 3.63) is 29.0 Å². The molecule has 0 radical (unpaired) electrons. The van der Waals surface area contributed by atoms with Crippen molar-refractivity contribution in [3.8, 4) is 0 Å². The monoisotopic (exact) mass is 302 g/mol. The standard InChI is InChI=1S/C9H12ClFN2O2S.ClH/c1-12-4-5-13-16(14,15)9-3-2-7(11)6-8(9)10;/h2-3,6,12-13H,4-5H2,1H3;1H. The van der Waals surface area contributed by atoms with Gasteiger partial charge in [-0.15, -0.1) is 12.4 Å². The molecule has 0 amide bonds. The Morgan fingerprint density at radius 1 is 1.35 bits per heavy atom. The average molecular weight is 303 g/mol. The first kappa shape index (κ1) is 16.6. The molecule has 0 fully saturated rings. The SMILES string of the molecule is CNCCNS(=O)(=O)c1ccc(F)cc1Cl.Cl. The van der Waals surface area contributed by atoms with E-state index in [4.69, 9.17) is 11.6 Å². The highest BCUT2D eigenvalue weighted by Gasteiger charge is 2.17. The Labute approximate surface area is 111 Å². The van der Waals surface area contributed by atoms with Gasteiger partial charge in [-0.05, 0) is 25.2 Å². The number of benzene rings is 1. The van der Waals surface area contributed by atoms with Gasteiger partial charge in [0, 0.05) is 13.1 Å². The lowest BCUT2D eigenvalue weighted by Gasteiger charge is -2.07. The fourth-order valence-corrected chi connectivity index (χ4v) is 2.64. The van der Waals surface area contributed by atoms with Crippen LogP contribution in [0.2, 0.25) is 5.02 Å². The molecule has 1 aromatic carbocycles. The van der Waals surface area contributed by atoms with Crippen molar-refractivity contribution in [1.29, 1.82) is 0 Å². The first-order valence-corrected chi connectivity index (χ1v) is 6.43. The first-order chi connectivity index (χ1) is 7.47. The van der Waals surface area contributed by atoms with Crippen LogP contribution in [0.25, 0.3) is 0 Å². The summed E-state index contributed by atoms with van der Waals surface area (Å²) in [7, 11) is -1.96. The lowest BCUT2D eigenvalue weighted by Crippen LogP contribution is -2.30. The minimum Gasteiger partial charge on any atom is -0.318 e. The van der Waals surface area contributed by atoms with Gasteiger partial charge in [0.2, 0.25) is 10.0 Å². The van der Waals surface area contributed by atoms with Crippen molar-refractivity contribution in [2.45, 2.75) is 4.90 Å². The largest absolute Gasteiger partial charge is 0.318 e. The third-order valence-electron chi connectivity index (χ3n) is 1.85. The van der Waals surface area contributed by atoms with Crippen LogP contribution >= 0.6 is 24.0 Å². The molecular formula is C9H13Cl2FN2O2S. The lowest BCUT2D eigenvalue weighted by atomic mass is 10.3. The number of rotatable bonds is 5. The maximum absolute atomic E-state index is 12.7. The van der Waals surface area contributed by atoms with Crippen LogP contribution in [-0.4, -0.2) is 28.6 Å². The van der Waals surface area contributed by atoms with Crippen LogP contribution in [0.15, 0.2) is 23.1 Å². The van der Waals surface area contributed by atoms with Gasteiger partial charge >= 0.3 is 0 Å². The topological polar surface area (TPSA) is 58.2 Å². The van der Waals surface area contributed by atoms with E-state index in [0.29, 0.717) is 6.54 Å². The quantitative estimate of drug-likeness (QED) is 0.808. The molecule has 0 atom stereocenters. The highest BCUT2D eigenvalue weighted by molar-refractivity contribution is 7.89. The van der Waals surface area contributed by atoms with Gasteiger partial charge in [0.25, 0.3) is 0 Å². The fraction of sp³-hybridized carbons (Fsp3) is 0.333. The van der Waals surface area contributed by atoms with Gasteiger partial charge in [-0.2, -0.15) is 0 Å². The number of sulfonamides is 1. The van der Waals surface area contributed by atoms with E-state index in [0.717, 1.165) is 18.2 Å². The molecule has 8 heteroatoms. The van der Waals surface area contributed by atoms with Crippen molar-refractivity contribution < 1.29 is 12.8 Å². The van der Waals surface area contributed by atoms with E-state index in [2.05, 4.69) is 10.0 Å². The highest BCUT2D eigenvalue weighted by atomic mass is 35.5. The zero-order valence-corrected chi connectivity index (χ0v) is 11.4. The molecule has 0 saturated carbocycles. The Hall–Kier alpha value is -0.400. The van der Waals surface area contributed by atoms with Gasteiger partial charge in [0.15, 0.2) is 0 Å². The molecule has 0 bridgehead atoms. The summed E-state index contributed by atoms with van der Waals surface area (Å²) in [5.74, 6) is -0.570. The van der Waals surface area contributed by atoms with Gasteiger partial charge in [-0.25, -0.2) is 17.5 Å². The minimum absolute atomic E-state index is 0. The van der Waals surface area contributed by atoms with E-state index < -0.39 is 15.8 Å². The molecule has 0 aliphatic rings.